The number of carbonyl (C=O) groups is 2. The second-order valence-corrected chi connectivity index (χ2v) is 9.12. The van der Waals surface area contributed by atoms with E-state index in [4.69, 9.17) is 10.5 Å². The van der Waals surface area contributed by atoms with Crippen molar-refractivity contribution >= 4 is 34.4 Å². The Kier molecular flexibility index (Phi) is 6.45. The zero-order chi connectivity index (χ0) is 26.1. The molecular formula is C28H28N6O3. The van der Waals surface area contributed by atoms with Crippen LogP contribution in [0.1, 0.15) is 12.5 Å². The molecule has 9 nitrogen and oxygen atoms in total. The maximum atomic E-state index is 12.1. The van der Waals surface area contributed by atoms with E-state index in [1.54, 1.807) is 6.92 Å². The number of nitrogen functional groups attached to an aromatic ring is 1. The van der Waals surface area contributed by atoms with E-state index < -0.39 is 0 Å². The lowest BCUT2D eigenvalue weighted by molar-refractivity contribution is -0.143. The fourth-order valence-electron chi connectivity index (χ4n) is 4.56. The minimum Gasteiger partial charge on any atom is -0.383 e. The van der Waals surface area contributed by atoms with Gasteiger partial charge >= 0.3 is 0 Å². The average molecular weight is 497 g/mol. The third kappa shape index (κ3) is 4.68. The molecule has 2 amide bonds. The molecule has 1 saturated heterocycles. The topological polar surface area (TPSA) is 115 Å². The Morgan fingerprint density at radius 1 is 1.11 bits per heavy atom. The number of aryl methyl sites for hydroxylation is 1. The molecule has 0 unspecified atom stereocenters. The summed E-state index contributed by atoms with van der Waals surface area (Å²) in [6.45, 7) is 7.16. The minimum atomic E-state index is -0.222. The highest BCUT2D eigenvalue weighted by molar-refractivity contribution is 6.08. The fraction of sp³-hybridized carbons (Fsp3) is 0.214. The Morgan fingerprint density at radius 2 is 1.81 bits per heavy atom. The molecule has 37 heavy (non-hydrogen) atoms. The number of nitrogens with one attached hydrogen (secondary N) is 1. The van der Waals surface area contributed by atoms with Crippen LogP contribution in [-0.2, 0) is 27.9 Å². The van der Waals surface area contributed by atoms with Crippen molar-refractivity contribution in [3.8, 4) is 22.4 Å². The van der Waals surface area contributed by atoms with Gasteiger partial charge in [-0.2, -0.15) is 0 Å². The van der Waals surface area contributed by atoms with Crippen molar-refractivity contribution in [3.63, 3.8) is 0 Å². The molecule has 0 spiro atoms. The third-order valence-electron chi connectivity index (χ3n) is 6.50. The number of carbonyl (C=O) groups excluding carboxylic acids is 2. The van der Waals surface area contributed by atoms with Crippen LogP contribution in [0.15, 0.2) is 67.0 Å². The monoisotopic (exact) mass is 496 g/mol. The fourth-order valence-corrected chi connectivity index (χ4v) is 4.56. The van der Waals surface area contributed by atoms with Crippen LogP contribution in [-0.4, -0.2) is 51.0 Å². The minimum absolute atomic E-state index is 0.000485. The molecule has 1 aliphatic rings. The molecule has 3 N–H and O–H groups in total. The maximum Gasteiger partial charge on any atom is 0.250 e. The number of ether oxygens (including phenoxy) is 1. The van der Waals surface area contributed by atoms with E-state index in [0.717, 1.165) is 39.0 Å². The standard InChI is InChI=1S/C28H28N6O3/c1-17(2)28(36)32-21-10-8-20(9-11-21)25-23(24-26(29)30-16-31-27(24)33(25)3)19-6-4-18(5-7-19)14-34-12-13-37-15-22(34)35/h4-11,16H,1,12-15H2,2-3H3,(H,32,36)(H2,29,30,31). The van der Waals surface area contributed by atoms with Gasteiger partial charge in [-0.05, 0) is 35.7 Å². The normalized spacial score (nSPS) is 13.7. The van der Waals surface area contributed by atoms with Crippen LogP contribution in [0, 0.1) is 0 Å². The van der Waals surface area contributed by atoms with Crippen molar-refractivity contribution in [2.75, 3.05) is 30.8 Å². The first-order chi connectivity index (χ1) is 17.8. The van der Waals surface area contributed by atoms with Crippen LogP contribution in [0.2, 0.25) is 0 Å². The van der Waals surface area contributed by atoms with Gasteiger partial charge in [0.25, 0.3) is 5.91 Å². The largest absolute Gasteiger partial charge is 0.383 e. The summed E-state index contributed by atoms with van der Waals surface area (Å²) in [5, 5.41) is 3.61. The zero-order valence-corrected chi connectivity index (χ0v) is 20.8. The first-order valence-corrected chi connectivity index (χ1v) is 11.9. The SMILES string of the molecule is C=C(C)C(=O)Nc1ccc(-c2c(-c3ccc(CN4CCOCC4=O)cc3)c3c(N)ncnc3n2C)cc1. The van der Waals surface area contributed by atoms with Crippen molar-refractivity contribution in [1.29, 1.82) is 0 Å². The number of morpholine rings is 1. The number of aromatic nitrogens is 3. The third-order valence-corrected chi connectivity index (χ3v) is 6.50. The lowest BCUT2D eigenvalue weighted by atomic mass is 9.97. The highest BCUT2D eigenvalue weighted by atomic mass is 16.5. The van der Waals surface area contributed by atoms with Crippen molar-refractivity contribution in [2.24, 2.45) is 7.05 Å². The van der Waals surface area contributed by atoms with Gasteiger partial charge in [0, 0.05) is 37.0 Å². The molecule has 1 aliphatic heterocycles. The molecule has 2 aromatic heterocycles. The number of fused-ring (bicyclic) bond motifs is 1. The first-order valence-electron chi connectivity index (χ1n) is 11.9. The molecule has 188 valence electrons. The van der Waals surface area contributed by atoms with Gasteiger partial charge in [-0.3, -0.25) is 9.59 Å². The summed E-state index contributed by atoms with van der Waals surface area (Å²) in [4.78, 5) is 34.7. The lowest BCUT2D eigenvalue weighted by Gasteiger charge is -2.26. The Hall–Kier alpha value is -4.50. The van der Waals surface area contributed by atoms with Gasteiger partial charge in [0.05, 0.1) is 17.7 Å². The zero-order valence-electron chi connectivity index (χ0n) is 20.8. The number of rotatable bonds is 6. The molecule has 0 saturated carbocycles. The summed E-state index contributed by atoms with van der Waals surface area (Å²) in [5.74, 6) is 0.176. The van der Waals surface area contributed by atoms with Crippen LogP contribution in [0.25, 0.3) is 33.4 Å². The van der Waals surface area contributed by atoms with E-state index in [-0.39, 0.29) is 18.4 Å². The van der Waals surface area contributed by atoms with Gasteiger partial charge in [-0.15, -0.1) is 0 Å². The summed E-state index contributed by atoms with van der Waals surface area (Å²) < 4.78 is 7.24. The second-order valence-electron chi connectivity index (χ2n) is 9.12. The lowest BCUT2D eigenvalue weighted by Crippen LogP contribution is -2.40. The summed E-state index contributed by atoms with van der Waals surface area (Å²) >= 11 is 0. The molecule has 1 fully saturated rings. The van der Waals surface area contributed by atoms with Crippen LogP contribution in [0.3, 0.4) is 0 Å². The molecule has 0 bridgehead atoms. The highest BCUT2D eigenvalue weighted by Crippen LogP contribution is 2.41. The first kappa shape index (κ1) is 24.2. The van der Waals surface area contributed by atoms with Gasteiger partial charge in [0.2, 0.25) is 5.91 Å². The van der Waals surface area contributed by atoms with Gasteiger partial charge in [-0.25, -0.2) is 9.97 Å². The summed E-state index contributed by atoms with van der Waals surface area (Å²) in [6, 6.07) is 15.7. The van der Waals surface area contributed by atoms with Gasteiger partial charge in [0.15, 0.2) is 0 Å². The Labute approximate surface area is 214 Å². The number of hydrogen-bond acceptors (Lipinski definition) is 6. The van der Waals surface area contributed by atoms with E-state index in [2.05, 4.69) is 21.9 Å². The predicted octanol–water partition coefficient (Wildman–Crippen LogP) is 3.76. The molecule has 4 aromatic rings. The number of nitrogens with two attached hydrogens (primary N) is 1. The molecule has 5 rings (SSSR count). The van der Waals surface area contributed by atoms with Crippen molar-refractivity contribution in [1.82, 2.24) is 19.4 Å². The Morgan fingerprint density at radius 3 is 2.49 bits per heavy atom. The molecule has 0 aliphatic carbocycles. The van der Waals surface area contributed by atoms with Crippen LogP contribution >= 0.6 is 0 Å². The molecule has 0 atom stereocenters. The number of amides is 2. The molecular weight excluding hydrogens is 468 g/mol. The van der Waals surface area contributed by atoms with Crippen molar-refractivity contribution in [2.45, 2.75) is 13.5 Å². The quantitative estimate of drug-likeness (QED) is 0.393. The molecule has 2 aromatic carbocycles. The number of anilines is 2. The van der Waals surface area contributed by atoms with E-state index in [1.165, 1.54) is 6.33 Å². The van der Waals surface area contributed by atoms with E-state index in [0.29, 0.717) is 36.8 Å². The predicted molar refractivity (Wildman–Crippen MR) is 143 cm³/mol. The maximum absolute atomic E-state index is 12.1. The molecule has 9 heteroatoms. The van der Waals surface area contributed by atoms with Crippen molar-refractivity contribution in [3.05, 3.63) is 72.6 Å². The van der Waals surface area contributed by atoms with Crippen LogP contribution in [0.4, 0.5) is 11.5 Å². The summed E-state index contributed by atoms with van der Waals surface area (Å²) in [5.41, 5.74) is 13.0. The van der Waals surface area contributed by atoms with E-state index in [9.17, 15) is 9.59 Å². The van der Waals surface area contributed by atoms with Crippen LogP contribution in [0.5, 0.6) is 0 Å². The van der Waals surface area contributed by atoms with Gasteiger partial charge in [-0.1, -0.05) is 43.0 Å². The number of benzene rings is 2. The highest BCUT2D eigenvalue weighted by Gasteiger charge is 2.23. The Balaban J connectivity index is 1.55. The summed E-state index contributed by atoms with van der Waals surface area (Å²) in [7, 11) is 1.95. The van der Waals surface area contributed by atoms with Crippen LogP contribution < -0.4 is 11.1 Å². The number of hydrogen-bond donors (Lipinski definition) is 2. The second kappa shape index (κ2) is 9.87. The van der Waals surface area contributed by atoms with E-state index in [1.807, 2.05) is 65.0 Å². The number of nitrogens with zero attached hydrogens (tertiary/aromatic N) is 4. The average Bonchev–Trinajstić information content (AvgIpc) is 3.20. The summed E-state index contributed by atoms with van der Waals surface area (Å²) in [6.07, 6.45) is 1.46. The molecule has 0 radical (unpaired) electrons. The Bertz CT molecular complexity index is 1510. The van der Waals surface area contributed by atoms with E-state index >= 15 is 0 Å². The van der Waals surface area contributed by atoms with Gasteiger partial charge in [0.1, 0.15) is 24.4 Å². The van der Waals surface area contributed by atoms with Crippen molar-refractivity contribution < 1.29 is 14.3 Å². The molecule has 3 heterocycles. The smallest absolute Gasteiger partial charge is 0.250 e. The van der Waals surface area contributed by atoms with Gasteiger partial charge < -0.3 is 25.3 Å².